The molecule has 0 amide bonds. The van der Waals surface area contributed by atoms with Gasteiger partial charge in [0.25, 0.3) is 0 Å². The molecule has 1 aliphatic carbocycles. The fourth-order valence-electron chi connectivity index (χ4n) is 2.81. The molecule has 5 heteroatoms. The van der Waals surface area contributed by atoms with Crippen LogP contribution < -0.4 is 10.6 Å². The van der Waals surface area contributed by atoms with Crippen molar-refractivity contribution in [3.8, 4) is 0 Å². The van der Waals surface area contributed by atoms with E-state index in [4.69, 9.17) is 11.6 Å². The monoisotopic (exact) mass is 316 g/mol. The third-order valence-corrected chi connectivity index (χ3v) is 4.18. The zero-order valence-electron chi connectivity index (χ0n) is 12.8. The topological polar surface area (TPSA) is 49.8 Å². The first-order chi connectivity index (χ1) is 10.7. The highest BCUT2D eigenvalue weighted by Gasteiger charge is 2.15. The van der Waals surface area contributed by atoms with Gasteiger partial charge in [0.2, 0.25) is 0 Å². The highest BCUT2D eigenvalue weighted by molar-refractivity contribution is 6.30. The Kier molecular flexibility index (Phi) is 4.78. The molecule has 0 radical (unpaired) electrons. The molecule has 4 nitrogen and oxygen atoms in total. The fourth-order valence-corrected chi connectivity index (χ4v) is 2.93. The van der Waals surface area contributed by atoms with E-state index in [1.54, 1.807) is 0 Å². The molecule has 2 aromatic rings. The van der Waals surface area contributed by atoms with Crippen LogP contribution in [0.5, 0.6) is 0 Å². The second-order valence-corrected chi connectivity index (χ2v) is 6.23. The first-order valence-corrected chi connectivity index (χ1v) is 8.17. The summed E-state index contributed by atoms with van der Waals surface area (Å²) in [5, 5.41) is 7.63. The average molecular weight is 317 g/mol. The number of benzene rings is 1. The molecule has 0 saturated heterocycles. The zero-order valence-corrected chi connectivity index (χ0v) is 13.5. The number of nitrogens with zero attached hydrogens (tertiary/aromatic N) is 2. The van der Waals surface area contributed by atoms with Crippen LogP contribution in [-0.2, 0) is 6.54 Å². The van der Waals surface area contributed by atoms with Gasteiger partial charge in [-0.3, -0.25) is 0 Å². The normalized spacial score (nSPS) is 15.0. The summed E-state index contributed by atoms with van der Waals surface area (Å²) in [5.74, 6) is 2.54. The third kappa shape index (κ3) is 4.10. The highest BCUT2D eigenvalue weighted by Crippen LogP contribution is 2.22. The van der Waals surface area contributed by atoms with Crippen molar-refractivity contribution in [2.45, 2.75) is 45.2 Å². The standard InChI is InChI=1S/C17H21ClN4/c1-12-20-16(19-11-13-6-8-14(18)9-7-13)10-17(21-12)22-15-4-2-3-5-15/h6-10,15H,2-5,11H2,1H3,(H2,19,20,21,22). The molecule has 1 saturated carbocycles. The Hall–Kier alpha value is -1.81. The lowest BCUT2D eigenvalue weighted by molar-refractivity contribution is 0.748. The quantitative estimate of drug-likeness (QED) is 0.858. The van der Waals surface area contributed by atoms with E-state index < -0.39 is 0 Å². The molecule has 1 aromatic carbocycles. The molecule has 0 unspecified atom stereocenters. The van der Waals surface area contributed by atoms with Crippen molar-refractivity contribution >= 4 is 23.2 Å². The van der Waals surface area contributed by atoms with Gasteiger partial charge in [-0.05, 0) is 37.5 Å². The minimum absolute atomic E-state index is 0.554. The van der Waals surface area contributed by atoms with Crippen LogP contribution in [0.3, 0.4) is 0 Å². The van der Waals surface area contributed by atoms with Crippen molar-refractivity contribution in [3.05, 3.63) is 46.7 Å². The maximum absolute atomic E-state index is 5.90. The largest absolute Gasteiger partial charge is 0.367 e. The van der Waals surface area contributed by atoms with Gasteiger partial charge in [-0.2, -0.15) is 0 Å². The zero-order chi connectivity index (χ0) is 15.4. The Morgan fingerprint density at radius 2 is 1.77 bits per heavy atom. The number of nitrogens with one attached hydrogen (secondary N) is 2. The molecule has 1 aliphatic rings. The molecular formula is C17H21ClN4. The number of rotatable bonds is 5. The molecule has 22 heavy (non-hydrogen) atoms. The fraction of sp³-hybridized carbons (Fsp3) is 0.412. The second-order valence-electron chi connectivity index (χ2n) is 5.79. The highest BCUT2D eigenvalue weighted by atomic mass is 35.5. The summed E-state index contributed by atoms with van der Waals surface area (Å²) >= 11 is 5.90. The Balaban J connectivity index is 1.65. The van der Waals surface area contributed by atoms with Crippen LogP contribution in [0.1, 0.15) is 37.1 Å². The van der Waals surface area contributed by atoms with Crippen molar-refractivity contribution in [2.24, 2.45) is 0 Å². The number of aryl methyl sites for hydroxylation is 1. The van der Waals surface area contributed by atoms with E-state index in [1.807, 2.05) is 37.3 Å². The van der Waals surface area contributed by atoms with Crippen LogP contribution in [-0.4, -0.2) is 16.0 Å². The maximum Gasteiger partial charge on any atom is 0.132 e. The minimum atomic E-state index is 0.554. The van der Waals surface area contributed by atoms with Crippen molar-refractivity contribution < 1.29 is 0 Å². The van der Waals surface area contributed by atoms with Crippen LogP contribution in [0.4, 0.5) is 11.6 Å². The molecule has 1 heterocycles. The predicted octanol–water partition coefficient (Wildman–Crippen LogP) is 4.41. The first kappa shape index (κ1) is 15.1. The van der Waals surface area contributed by atoms with Crippen LogP contribution in [0.25, 0.3) is 0 Å². The van der Waals surface area contributed by atoms with E-state index >= 15 is 0 Å². The van der Waals surface area contributed by atoms with Gasteiger partial charge in [0.15, 0.2) is 0 Å². The van der Waals surface area contributed by atoms with E-state index in [-0.39, 0.29) is 0 Å². The lowest BCUT2D eigenvalue weighted by Gasteiger charge is -2.14. The molecule has 0 spiro atoms. The van der Waals surface area contributed by atoms with Crippen LogP contribution >= 0.6 is 11.6 Å². The van der Waals surface area contributed by atoms with Gasteiger partial charge in [-0.1, -0.05) is 36.6 Å². The molecule has 1 aromatic heterocycles. The Morgan fingerprint density at radius 3 is 2.50 bits per heavy atom. The van der Waals surface area contributed by atoms with Crippen molar-refractivity contribution in [3.63, 3.8) is 0 Å². The molecule has 0 atom stereocenters. The molecule has 116 valence electrons. The van der Waals surface area contributed by atoms with E-state index in [0.29, 0.717) is 6.04 Å². The summed E-state index contributed by atoms with van der Waals surface area (Å²) in [6.45, 7) is 2.64. The Bertz CT molecular complexity index is 621. The Morgan fingerprint density at radius 1 is 1.09 bits per heavy atom. The lowest BCUT2D eigenvalue weighted by Crippen LogP contribution is -2.16. The van der Waals surface area contributed by atoms with Gasteiger partial charge in [0.1, 0.15) is 17.5 Å². The summed E-state index contributed by atoms with van der Waals surface area (Å²) in [6.07, 6.45) is 5.08. The number of aromatic nitrogens is 2. The molecule has 3 rings (SSSR count). The van der Waals surface area contributed by atoms with Crippen LogP contribution in [0.2, 0.25) is 5.02 Å². The number of halogens is 1. The predicted molar refractivity (Wildman–Crippen MR) is 91.4 cm³/mol. The van der Waals surface area contributed by atoms with Crippen molar-refractivity contribution in [2.75, 3.05) is 10.6 Å². The summed E-state index contributed by atoms with van der Waals surface area (Å²) in [7, 11) is 0. The Labute approximate surface area is 136 Å². The van der Waals surface area contributed by atoms with Crippen LogP contribution in [0.15, 0.2) is 30.3 Å². The van der Waals surface area contributed by atoms with E-state index in [0.717, 1.165) is 29.0 Å². The van der Waals surface area contributed by atoms with Gasteiger partial charge in [-0.15, -0.1) is 0 Å². The second kappa shape index (κ2) is 6.97. The number of hydrogen-bond acceptors (Lipinski definition) is 4. The molecule has 0 aliphatic heterocycles. The van der Waals surface area contributed by atoms with Crippen molar-refractivity contribution in [1.82, 2.24) is 9.97 Å². The van der Waals surface area contributed by atoms with E-state index in [1.165, 1.54) is 31.2 Å². The SMILES string of the molecule is Cc1nc(NCc2ccc(Cl)cc2)cc(NC2CCCC2)n1. The summed E-state index contributed by atoms with van der Waals surface area (Å²) in [5.41, 5.74) is 1.17. The molecular weight excluding hydrogens is 296 g/mol. The van der Waals surface area contributed by atoms with Gasteiger partial charge >= 0.3 is 0 Å². The minimum Gasteiger partial charge on any atom is -0.367 e. The average Bonchev–Trinajstić information content (AvgIpc) is 2.99. The smallest absolute Gasteiger partial charge is 0.132 e. The van der Waals surface area contributed by atoms with Gasteiger partial charge in [-0.25, -0.2) is 9.97 Å². The van der Waals surface area contributed by atoms with Crippen LogP contribution in [0, 0.1) is 6.92 Å². The van der Waals surface area contributed by atoms with E-state index in [2.05, 4.69) is 20.6 Å². The summed E-state index contributed by atoms with van der Waals surface area (Å²) < 4.78 is 0. The third-order valence-electron chi connectivity index (χ3n) is 3.93. The lowest BCUT2D eigenvalue weighted by atomic mass is 10.2. The van der Waals surface area contributed by atoms with Gasteiger partial charge < -0.3 is 10.6 Å². The molecule has 1 fully saturated rings. The molecule has 2 N–H and O–H groups in total. The first-order valence-electron chi connectivity index (χ1n) is 7.79. The summed E-state index contributed by atoms with van der Waals surface area (Å²) in [4.78, 5) is 8.94. The van der Waals surface area contributed by atoms with E-state index in [9.17, 15) is 0 Å². The van der Waals surface area contributed by atoms with Gasteiger partial charge in [0, 0.05) is 23.7 Å². The number of hydrogen-bond donors (Lipinski definition) is 2. The van der Waals surface area contributed by atoms with Crippen molar-refractivity contribution in [1.29, 1.82) is 0 Å². The number of anilines is 2. The summed E-state index contributed by atoms with van der Waals surface area (Å²) in [6, 6.07) is 10.4. The van der Waals surface area contributed by atoms with Gasteiger partial charge in [0.05, 0.1) is 0 Å². The maximum atomic E-state index is 5.90. The molecule has 0 bridgehead atoms.